The fourth-order valence-electron chi connectivity index (χ4n) is 3.53. The molecule has 0 bridgehead atoms. The Morgan fingerprint density at radius 1 is 1.12 bits per heavy atom. The number of morpholine rings is 1. The average molecular weight is 340 g/mol. The van der Waals surface area contributed by atoms with Crippen molar-refractivity contribution in [2.75, 3.05) is 44.3 Å². The van der Waals surface area contributed by atoms with Crippen LogP contribution in [0.25, 0.3) is 0 Å². The molecule has 4 rings (SSSR count). The quantitative estimate of drug-likeness (QED) is 0.811. The SMILES string of the molecule is O=C([C@H]1C[C@H]1c1ccco1)N(CCN1CCOCC1)c1ccccc1. The van der Waals surface area contributed by atoms with Crippen molar-refractivity contribution in [1.29, 1.82) is 0 Å². The summed E-state index contributed by atoms with van der Waals surface area (Å²) >= 11 is 0. The van der Waals surface area contributed by atoms with E-state index < -0.39 is 0 Å². The van der Waals surface area contributed by atoms with Crippen molar-refractivity contribution in [3.63, 3.8) is 0 Å². The summed E-state index contributed by atoms with van der Waals surface area (Å²) in [5, 5.41) is 0. The van der Waals surface area contributed by atoms with E-state index in [0.717, 1.165) is 50.7 Å². The molecule has 1 saturated carbocycles. The lowest BCUT2D eigenvalue weighted by molar-refractivity contribution is -0.120. The average Bonchev–Trinajstić information content (AvgIpc) is 3.28. The van der Waals surface area contributed by atoms with Gasteiger partial charge in [-0.25, -0.2) is 0 Å². The number of anilines is 1. The molecule has 2 aliphatic rings. The number of furan rings is 1. The third-order valence-corrected chi connectivity index (χ3v) is 5.09. The van der Waals surface area contributed by atoms with E-state index >= 15 is 0 Å². The third kappa shape index (κ3) is 3.78. The first-order valence-corrected chi connectivity index (χ1v) is 9.03. The summed E-state index contributed by atoms with van der Waals surface area (Å²) in [5.41, 5.74) is 0.978. The molecule has 25 heavy (non-hydrogen) atoms. The summed E-state index contributed by atoms with van der Waals surface area (Å²) in [7, 11) is 0. The summed E-state index contributed by atoms with van der Waals surface area (Å²) in [6.45, 7) is 5.03. The molecule has 132 valence electrons. The first kappa shape index (κ1) is 16.4. The lowest BCUT2D eigenvalue weighted by atomic mass is 10.2. The molecule has 1 aromatic heterocycles. The van der Waals surface area contributed by atoms with Gasteiger partial charge in [0.15, 0.2) is 0 Å². The Bertz CT molecular complexity index is 680. The Morgan fingerprint density at radius 2 is 1.92 bits per heavy atom. The van der Waals surface area contributed by atoms with E-state index in [9.17, 15) is 4.79 Å². The molecule has 2 atom stereocenters. The van der Waals surface area contributed by atoms with Crippen LogP contribution in [0.1, 0.15) is 18.1 Å². The second-order valence-electron chi connectivity index (χ2n) is 6.74. The zero-order chi connectivity index (χ0) is 17.1. The highest BCUT2D eigenvalue weighted by molar-refractivity contribution is 5.97. The summed E-state index contributed by atoms with van der Waals surface area (Å²) in [5.74, 6) is 1.41. The molecule has 1 amide bonds. The van der Waals surface area contributed by atoms with Crippen molar-refractivity contribution in [1.82, 2.24) is 4.90 Å². The van der Waals surface area contributed by atoms with E-state index in [0.29, 0.717) is 6.54 Å². The molecule has 0 unspecified atom stereocenters. The molecule has 0 N–H and O–H groups in total. The number of ether oxygens (including phenoxy) is 1. The van der Waals surface area contributed by atoms with Crippen LogP contribution in [0.2, 0.25) is 0 Å². The standard InChI is InChI=1S/C20H24N2O3/c23-20(18-15-17(18)19-7-4-12-25-19)22(16-5-2-1-3-6-16)9-8-21-10-13-24-14-11-21/h1-7,12,17-18H,8-11,13-15H2/t17-,18+/m1/s1. The van der Waals surface area contributed by atoms with Crippen LogP contribution in [-0.4, -0.2) is 50.2 Å². The minimum atomic E-state index is 0.0380. The summed E-state index contributed by atoms with van der Waals surface area (Å²) in [6, 6.07) is 13.9. The second kappa shape index (κ2) is 7.42. The van der Waals surface area contributed by atoms with E-state index in [1.807, 2.05) is 47.4 Å². The molecule has 5 nitrogen and oxygen atoms in total. The molecule has 2 heterocycles. The number of nitrogens with zero attached hydrogens (tertiary/aromatic N) is 2. The largest absolute Gasteiger partial charge is 0.469 e. The predicted octanol–water partition coefficient (Wildman–Crippen LogP) is 2.75. The predicted molar refractivity (Wildman–Crippen MR) is 95.6 cm³/mol. The minimum Gasteiger partial charge on any atom is -0.469 e. The van der Waals surface area contributed by atoms with Gasteiger partial charge in [0.25, 0.3) is 0 Å². The maximum atomic E-state index is 13.1. The van der Waals surface area contributed by atoms with E-state index in [-0.39, 0.29) is 17.7 Å². The van der Waals surface area contributed by atoms with Crippen molar-refractivity contribution in [3.8, 4) is 0 Å². The molecular formula is C20H24N2O3. The molecule has 0 spiro atoms. The molecule has 2 aromatic rings. The fourth-order valence-corrected chi connectivity index (χ4v) is 3.53. The molecule has 0 radical (unpaired) electrons. The smallest absolute Gasteiger partial charge is 0.230 e. The first-order chi connectivity index (χ1) is 12.3. The Morgan fingerprint density at radius 3 is 2.64 bits per heavy atom. The van der Waals surface area contributed by atoms with Crippen LogP contribution in [0, 0.1) is 5.92 Å². The molecule has 1 aliphatic carbocycles. The summed E-state index contributed by atoms with van der Waals surface area (Å²) < 4.78 is 10.9. The van der Waals surface area contributed by atoms with Gasteiger partial charge < -0.3 is 14.1 Å². The number of hydrogen-bond donors (Lipinski definition) is 0. The van der Waals surface area contributed by atoms with Gasteiger partial charge in [0.2, 0.25) is 5.91 Å². The van der Waals surface area contributed by atoms with Crippen LogP contribution < -0.4 is 4.90 Å². The lowest BCUT2D eigenvalue weighted by Crippen LogP contribution is -2.43. The number of amides is 1. The minimum absolute atomic E-state index is 0.0380. The van der Waals surface area contributed by atoms with Gasteiger partial charge in [0.05, 0.1) is 19.5 Å². The zero-order valence-corrected chi connectivity index (χ0v) is 14.3. The third-order valence-electron chi connectivity index (χ3n) is 5.09. The maximum Gasteiger partial charge on any atom is 0.230 e. The Labute approximate surface area is 148 Å². The number of rotatable bonds is 6. The van der Waals surface area contributed by atoms with Gasteiger partial charge in [0, 0.05) is 43.7 Å². The van der Waals surface area contributed by atoms with Crippen LogP contribution in [0.5, 0.6) is 0 Å². The van der Waals surface area contributed by atoms with Gasteiger partial charge in [-0.3, -0.25) is 9.69 Å². The van der Waals surface area contributed by atoms with Gasteiger partial charge >= 0.3 is 0 Å². The number of benzene rings is 1. The van der Waals surface area contributed by atoms with Crippen LogP contribution in [0.3, 0.4) is 0 Å². The van der Waals surface area contributed by atoms with Gasteiger partial charge in [-0.1, -0.05) is 18.2 Å². The molecule has 5 heteroatoms. The van der Waals surface area contributed by atoms with Crippen molar-refractivity contribution in [3.05, 3.63) is 54.5 Å². The first-order valence-electron chi connectivity index (χ1n) is 9.03. The van der Waals surface area contributed by atoms with E-state index in [1.54, 1.807) is 6.26 Å². The number of para-hydroxylation sites is 1. The maximum absolute atomic E-state index is 13.1. The van der Waals surface area contributed by atoms with Crippen molar-refractivity contribution < 1.29 is 13.9 Å². The van der Waals surface area contributed by atoms with E-state index in [1.165, 1.54) is 0 Å². The monoisotopic (exact) mass is 340 g/mol. The van der Waals surface area contributed by atoms with E-state index in [2.05, 4.69) is 4.90 Å². The summed E-state index contributed by atoms with van der Waals surface area (Å²) in [4.78, 5) is 17.4. The number of carbonyl (C=O) groups is 1. The normalized spacial score (nSPS) is 23.4. The highest BCUT2D eigenvalue weighted by Crippen LogP contribution is 2.49. The molecular weight excluding hydrogens is 316 g/mol. The molecule has 1 aliphatic heterocycles. The van der Waals surface area contributed by atoms with Gasteiger partial charge in [0.1, 0.15) is 5.76 Å². The van der Waals surface area contributed by atoms with Crippen LogP contribution in [0.4, 0.5) is 5.69 Å². The second-order valence-corrected chi connectivity index (χ2v) is 6.74. The van der Waals surface area contributed by atoms with Crippen molar-refractivity contribution in [2.45, 2.75) is 12.3 Å². The summed E-state index contributed by atoms with van der Waals surface area (Å²) in [6.07, 6.45) is 2.57. The number of carbonyl (C=O) groups excluding carboxylic acids is 1. The van der Waals surface area contributed by atoms with Crippen LogP contribution in [0.15, 0.2) is 53.1 Å². The van der Waals surface area contributed by atoms with Gasteiger partial charge in [-0.05, 0) is 30.7 Å². The Balaban J connectivity index is 1.44. The Hall–Kier alpha value is -2.11. The highest BCUT2D eigenvalue weighted by Gasteiger charge is 2.47. The zero-order valence-electron chi connectivity index (χ0n) is 14.3. The molecule has 1 saturated heterocycles. The van der Waals surface area contributed by atoms with Crippen LogP contribution >= 0.6 is 0 Å². The Kier molecular flexibility index (Phi) is 4.85. The van der Waals surface area contributed by atoms with Gasteiger partial charge in [-0.2, -0.15) is 0 Å². The molecule has 2 fully saturated rings. The molecule has 1 aromatic carbocycles. The van der Waals surface area contributed by atoms with Crippen LogP contribution in [-0.2, 0) is 9.53 Å². The van der Waals surface area contributed by atoms with Crippen molar-refractivity contribution in [2.24, 2.45) is 5.92 Å². The number of hydrogen-bond acceptors (Lipinski definition) is 4. The van der Waals surface area contributed by atoms with Crippen molar-refractivity contribution >= 4 is 11.6 Å². The lowest BCUT2D eigenvalue weighted by Gasteiger charge is -2.30. The van der Waals surface area contributed by atoms with Gasteiger partial charge in [-0.15, -0.1) is 0 Å². The highest BCUT2D eigenvalue weighted by atomic mass is 16.5. The van der Waals surface area contributed by atoms with E-state index in [4.69, 9.17) is 9.15 Å². The fraction of sp³-hybridized carbons (Fsp3) is 0.450. The topological polar surface area (TPSA) is 45.9 Å².